The topological polar surface area (TPSA) is 21.6 Å². The van der Waals surface area contributed by atoms with Crippen molar-refractivity contribution in [3.8, 4) is 0 Å². The fourth-order valence-electron chi connectivity index (χ4n) is 0.334. The second kappa shape index (κ2) is 1.80. The summed E-state index contributed by atoms with van der Waals surface area (Å²) in [6, 6.07) is 0. The highest BCUT2D eigenvalue weighted by Gasteiger charge is 1.88. The van der Waals surface area contributed by atoms with Crippen LogP contribution in [-0.2, 0) is 4.74 Å². The van der Waals surface area contributed by atoms with Gasteiger partial charge >= 0.3 is 0 Å². The molecule has 0 saturated carbocycles. The first kappa shape index (κ1) is 3.65. The monoisotopic (exact) mass is 84.0 g/mol. The third-order valence-corrected chi connectivity index (χ3v) is 0.608. The van der Waals surface area contributed by atoms with Crippen molar-refractivity contribution in [3.05, 3.63) is 6.61 Å². The van der Waals surface area contributed by atoms with Crippen molar-refractivity contribution >= 4 is 6.40 Å². The first-order chi connectivity index (χ1) is 3.00. The Hall–Kier alpha value is -0.530. The highest BCUT2D eigenvalue weighted by atomic mass is 16.5. The Balaban J connectivity index is 2.26. The summed E-state index contributed by atoms with van der Waals surface area (Å²) in [6.45, 7) is 2.63. The maximum atomic E-state index is 4.65. The minimum atomic E-state index is 0.889. The summed E-state index contributed by atoms with van der Waals surface area (Å²) in [7, 11) is 0. The van der Waals surface area contributed by atoms with E-state index in [1.54, 1.807) is 6.61 Å². The molecular weight excluding hydrogens is 78.0 g/mol. The van der Waals surface area contributed by atoms with Crippen LogP contribution in [0.15, 0.2) is 4.99 Å². The molecule has 2 nitrogen and oxygen atoms in total. The lowest BCUT2D eigenvalue weighted by atomic mass is 10.4. The standard InChI is InChI=1S/C4H6NO/c1-2-5-4-6-3-1/h3-4H,1-2H2. The van der Waals surface area contributed by atoms with E-state index in [2.05, 4.69) is 9.73 Å². The molecule has 0 unspecified atom stereocenters. The van der Waals surface area contributed by atoms with E-state index >= 15 is 0 Å². The number of aliphatic imine (C=N–C) groups is 1. The summed E-state index contributed by atoms with van der Waals surface area (Å²) in [5.74, 6) is 0. The average molecular weight is 84.1 g/mol. The molecular formula is C4H6NO. The van der Waals surface area contributed by atoms with Gasteiger partial charge in [0, 0.05) is 13.0 Å². The van der Waals surface area contributed by atoms with Crippen molar-refractivity contribution in [2.45, 2.75) is 6.42 Å². The summed E-state index contributed by atoms with van der Waals surface area (Å²) < 4.78 is 4.65. The molecule has 0 aromatic heterocycles. The Kier molecular flexibility index (Phi) is 1.10. The second-order valence-electron chi connectivity index (χ2n) is 1.10. The molecule has 0 spiro atoms. The van der Waals surface area contributed by atoms with Gasteiger partial charge in [0.1, 0.15) is 6.61 Å². The zero-order chi connectivity index (χ0) is 4.24. The molecule has 6 heavy (non-hydrogen) atoms. The highest BCUT2D eigenvalue weighted by molar-refractivity contribution is 5.47. The van der Waals surface area contributed by atoms with Crippen molar-refractivity contribution in [2.75, 3.05) is 6.54 Å². The largest absolute Gasteiger partial charge is 0.476 e. The van der Waals surface area contributed by atoms with E-state index in [1.807, 2.05) is 0 Å². The summed E-state index contributed by atoms with van der Waals surface area (Å²) >= 11 is 0. The van der Waals surface area contributed by atoms with E-state index < -0.39 is 0 Å². The van der Waals surface area contributed by atoms with Crippen molar-refractivity contribution in [1.29, 1.82) is 0 Å². The van der Waals surface area contributed by atoms with Gasteiger partial charge < -0.3 is 4.74 Å². The van der Waals surface area contributed by atoms with Gasteiger partial charge in [0.2, 0.25) is 0 Å². The van der Waals surface area contributed by atoms with Crippen molar-refractivity contribution in [3.63, 3.8) is 0 Å². The lowest BCUT2D eigenvalue weighted by molar-refractivity contribution is 0.381. The molecule has 0 aromatic carbocycles. The maximum Gasteiger partial charge on any atom is 0.170 e. The second-order valence-corrected chi connectivity index (χ2v) is 1.10. The van der Waals surface area contributed by atoms with Crippen LogP contribution in [0.5, 0.6) is 0 Å². The number of hydrogen-bond donors (Lipinski definition) is 0. The minimum Gasteiger partial charge on any atom is -0.476 e. The van der Waals surface area contributed by atoms with E-state index in [0.29, 0.717) is 0 Å². The third-order valence-electron chi connectivity index (χ3n) is 0.608. The van der Waals surface area contributed by atoms with Crippen LogP contribution in [0.3, 0.4) is 0 Å². The van der Waals surface area contributed by atoms with Gasteiger partial charge in [-0.15, -0.1) is 0 Å². The third kappa shape index (κ3) is 0.708. The Labute approximate surface area is 36.8 Å². The van der Waals surface area contributed by atoms with Crippen LogP contribution >= 0.6 is 0 Å². The molecule has 0 aromatic rings. The van der Waals surface area contributed by atoms with Gasteiger partial charge in [0.05, 0.1) is 0 Å². The number of rotatable bonds is 0. The Morgan fingerprint density at radius 3 is 2.83 bits per heavy atom. The van der Waals surface area contributed by atoms with E-state index in [4.69, 9.17) is 0 Å². The van der Waals surface area contributed by atoms with Gasteiger partial charge in [-0.2, -0.15) is 0 Å². The van der Waals surface area contributed by atoms with Crippen LogP contribution in [-0.4, -0.2) is 12.9 Å². The van der Waals surface area contributed by atoms with E-state index in [9.17, 15) is 0 Å². The Morgan fingerprint density at radius 1 is 1.67 bits per heavy atom. The summed E-state index contributed by atoms with van der Waals surface area (Å²) in [5.41, 5.74) is 0. The maximum absolute atomic E-state index is 4.65. The minimum absolute atomic E-state index is 0.889. The lowest BCUT2D eigenvalue weighted by Crippen LogP contribution is -1.94. The normalized spacial score (nSPS) is 20.0. The molecule has 33 valence electrons. The molecule has 1 heterocycles. The average Bonchev–Trinajstić information content (AvgIpc) is 1.72. The SMILES string of the molecule is [CH]1CCN=CO1. The molecule has 1 aliphatic rings. The molecule has 0 fully saturated rings. The van der Waals surface area contributed by atoms with Crippen LogP contribution in [0, 0.1) is 6.61 Å². The van der Waals surface area contributed by atoms with Crippen molar-refractivity contribution < 1.29 is 4.74 Å². The molecule has 1 rings (SSSR count). The van der Waals surface area contributed by atoms with Gasteiger partial charge in [-0.25, -0.2) is 0 Å². The lowest BCUT2D eigenvalue weighted by Gasteiger charge is -1.99. The number of hydrogen-bond acceptors (Lipinski definition) is 2. The number of ether oxygens (including phenoxy) is 1. The Morgan fingerprint density at radius 2 is 2.67 bits per heavy atom. The zero-order valence-electron chi connectivity index (χ0n) is 3.42. The molecule has 2 heteroatoms. The van der Waals surface area contributed by atoms with Gasteiger partial charge in [-0.05, 0) is 0 Å². The Bertz CT molecular complexity index is 52.6. The van der Waals surface area contributed by atoms with Crippen molar-refractivity contribution in [1.82, 2.24) is 0 Å². The van der Waals surface area contributed by atoms with E-state index in [1.165, 1.54) is 6.40 Å². The summed E-state index contributed by atoms with van der Waals surface area (Å²) in [6.07, 6.45) is 2.42. The predicted octanol–water partition coefficient (Wildman–Crippen LogP) is 0.597. The van der Waals surface area contributed by atoms with Crippen LogP contribution < -0.4 is 0 Å². The summed E-state index contributed by atoms with van der Waals surface area (Å²) in [4.78, 5) is 3.80. The smallest absolute Gasteiger partial charge is 0.170 e. The fourth-order valence-corrected chi connectivity index (χ4v) is 0.334. The van der Waals surface area contributed by atoms with Crippen LogP contribution in [0.25, 0.3) is 0 Å². The first-order valence-corrected chi connectivity index (χ1v) is 1.95. The molecule has 1 aliphatic heterocycles. The van der Waals surface area contributed by atoms with Gasteiger partial charge in [-0.1, -0.05) is 0 Å². The molecule has 0 atom stereocenters. The molecule has 0 amide bonds. The quantitative estimate of drug-likeness (QED) is 0.421. The van der Waals surface area contributed by atoms with Crippen LogP contribution in [0.2, 0.25) is 0 Å². The van der Waals surface area contributed by atoms with Gasteiger partial charge in [0.25, 0.3) is 0 Å². The first-order valence-electron chi connectivity index (χ1n) is 1.95. The van der Waals surface area contributed by atoms with E-state index in [0.717, 1.165) is 13.0 Å². The fraction of sp³-hybridized carbons (Fsp3) is 0.500. The highest BCUT2D eigenvalue weighted by Crippen LogP contribution is 1.92. The molecule has 0 N–H and O–H groups in total. The molecule has 1 radical (unpaired) electrons. The summed E-state index contributed by atoms with van der Waals surface area (Å²) in [5, 5.41) is 0. The number of nitrogens with zero attached hydrogens (tertiary/aromatic N) is 1. The van der Waals surface area contributed by atoms with Gasteiger partial charge in [-0.3, -0.25) is 4.99 Å². The van der Waals surface area contributed by atoms with Crippen LogP contribution in [0.1, 0.15) is 6.42 Å². The predicted molar refractivity (Wildman–Crippen MR) is 23.4 cm³/mol. The van der Waals surface area contributed by atoms with Gasteiger partial charge in [0.15, 0.2) is 6.40 Å². The van der Waals surface area contributed by atoms with Crippen molar-refractivity contribution in [2.24, 2.45) is 4.99 Å². The van der Waals surface area contributed by atoms with Crippen LogP contribution in [0.4, 0.5) is 0 Å². The molecule has 0 bridgehead atoms. The molecule has 0 aliphatic carbocycles. The molecule has 0 saturated heterocycles. The zero-order valence-corrected chi connectivity index (χ0v) is 3.42. The van der Waals surface area contributed by atoms with E-state index in [-0.39, 0.29) is 0 Å².